The van der Waals surface area contributed by atoms with E-state index in [4.69, 9.17) is 10.00 Å². The molecule has 1 atom stereocenters. The number of hydrogen-bond acceptors (Lipinski definition) is 4. The minimum atomic E-state index is -0.427. The van der Waals surface area contributed by atoms with Crippen LogP contribution in [0.25, 0.3) is 0 Å². The van der Waals surface area contributed by atoms with E-state index in [1.54, 1.807) is 12.1 Å². The summed E-state index contributed by atoms with van der Waals surface area (Å²) < 4.78 is 9.79. The quantitative estimate of drug-likeness (QED) is 0.463. The molecule has 0 bridgehead atoms. The molecule has 19 heavy (non-hydrogen) atoms. The highest BCUT2D eigenvalue weighted by Crippen LogP contribution is 2.18. The van der Waals surface area contributed by atoms with Gasteiger partial charge in [-0.2, -0.15) is 5.26 Å². The summed E-state index contributed by atoms with van der Waals surface area (Å²) in [6.07, 6.45) is 2.08. The van der Waals surface area contributed by atoms with E-state index in [2.05, 4.69) is 10.8 Å². The fraction of sp³-hybridized carbons (Fsp3) is 0.333. The lowest BCUT2D eigenvalue weighted by atomic mass is 9.98. The van der Waals surface area contributed by atoms with Gasteiger partial charge in [-0.3, -0.25) is 0 Å². The first-order chi connectivity index (χ1) is 9.10. The number of nitriles is 1. The molecule has 1 unspecified atom stereocenters. The number of carbonyl (C=O) groups is 1. The van der Waals surface area contributed by atoms with E-state index in [1.807, 2.05) is 19.1 Å². The fourth-order valence-electron chi connectivity index (χ4n) is 1.75. The Morgan fingerprint density at radius 3 is 2.42 bits per heavy atom. The average Bonchev–Trinajstić information content (AvgIpc) is 2.45. The van der Waals surface area contributed by atoms with Gasteiger partial charge in [-0.25, -0.2) is 4.79 Å². The van der Waals surface area contributed by atoms with Crippen molar-refractivity contribution in [2.24, 2.45) is 5.92 Å². The third kappa shape index (κ3) is 4.47. The molecular formula is C15H17NO3. The van der Waals surface area contributed by atoms with Gasteiger partial charge < -0.3 is 9.47 Å². The summed E-state index contributed by atoms with van der Waals surface area (Å²) in [6.45, 7) is 1.97. The van der Waals surface area contributed by atoms with Crippen molar-refractivity contribution in [1.82, 2.24) is 0 Å². The molecule has 0 aliphatic rings. The molecule has 0 aliphatic carbocycles. The van der Waals surface area contributed by atoms with E-state index in [0.29, 0.717) is 11.3 Å². The van der Waals surface area contributed by atoms with Gasteiger partial charge in [-0.15, -0.1) is 0 Å². The highest BCUT2D eigenvalue weighted by atomic mass is 16.5. The number of rotatable bonds is 5. The number of carbonyl (C=O) groups excluding carboxylic acids is 1. The van der Waals surface area contributed by atoms with Crippen LogP contribution >= 0.6 is 0 Å². The molecular weight excluding hydrogens is 242 g/mol. The molecule has 1 aromatic carbocycles. The predicted molar refractivity (Wildman–Crippen MR) is 71.1 cm³/mol. The summed E-state index contributed by atoms with van der Waals surface area (Å²) in [5.74, 6) is 0.205. The van der Waals surface area contributed by atoms with Crippen molar-refractivity contribution in [2.75, 3.05) is 14.2 Å². The lowest BCUT2D eigenvalue weighted by molar-refractivity contribution is -0.135. The van der Waals surface area contributed by atoms with Gasteiger partial charge in [0.15, 0.2) is 0 Å². The zero-order valence-corrected chi connectivity index (χ0v) is 11.3. The summed E-state index contributed by atoms with van der Waals surface area (Å²) in [5.41, 5.74) is 1.72. The number of ether oxygens (including phenoxy) is 2. The summed E-state index contributed by atoms with van der Waals surface area (Å²) in [6, 6.07) is 9.44. The van der Waals surface area contributed by atoms with Crippen LogP contribution < -0.4 is 0 Å². The minimum Gasteiger partial charge on any atom is -0.501 e. The fourth-order valence-corrected chi connectivity index (χ4v) is 1.75. The Morgan fingerprint density at radius 1 is 1.32 bits per heavy atom. The number of benzene rings is 1. The number of esters is 1. The van der Waals surface area contributed by atoms with Crippen LogP contribution in [0, 0.1) is 17.2 Å². The summed E-state index contributed by atoms with van der Waals surface area (Å²) >= 11 is 0. The average molecular weight is 259 g/mol. The van der Waals surface area contributed by atoms with Crippen molar-refractivity contribution in [3.05, 3.63) is 47.2 Å². The number of allylic oxidation sites excluding steroid dienone is 1. The normalized spacial score (nSPS) is 12.4. The largest absolute Gasteiger partial charge is 0.501 e. The van der Waals surface area contributed by atoms with Crippen LogP contribution in [0.4, 0.5) is 0 Å². The molecule has 0 radical (unpaired) electrons. The lowest BCUT2D eigenvalue weighted by Gasteiger charge is -2.14. The zero-order chi connectivity index (χ0) is 14.3. The Bertz CT molecular complexity index is 497. The van der Waals surface area contributed by atoms with Gasteiger partial charge in [-0.1, -0.05) is 19.1 Å². The Labute approximate surface area is 113 Å². The van der Waals surface area contributed by atoms with E-state index < -0.39 is 5.97 Å². The standard InChI is InChI=1S/C15H17NO3/c1-11(14(18-2)9-15(17)19-3)8-12-4-6-13(10-16)7-5-12/h4-7,9,11H,8H2,1-3H3/b14-9+. The van der Waals surface area contributed by atoms with Gasteiger partial charge >= 0.3 is 5.97 Å². The molecule has 0 amide bonds. The molecule has 1 rings (SSSR count). The second kappa shape index (κ2) is 7.22. The third-order valence-electron chi connectivity index (χ3n) is 2.81. The second-order valence-corrected chi connectivity index (χ2v) is 4.19. The van der Waals surface area contributed by atoms with Crippen LogP contribution in [-0.4, -0.2) is 20.2 Å². The Morgan fingerprint density at radius 2 is 1.95 bits per heavy atom. The van der Waals surface area contributed by atoms with Crippen LogP contribution in [-0.2, 0) is 20.7 Å². The highest BCUT2D eigenvalue weighted by Gasteiger charge is 2.12. The third-order valence-corrected chi connectivity index (χ3v) is 2.81. The maximum absolute atomic E-state index is 11.2. The molecule has 0 saturated carbocycles. The van der Waals surface area contributed by atoms with Crippen molar-refractivity contribution in [3.8, 4) is 6.07 Å². The zero-order valence-electron chi connectivity index (χ0n) is 11.3. The van der Waals surface area contributed by atoms with Gasteiger partial charge in [0.2, 0.25) is 0 Å². The van der Waals surface area contributed by atoms with E-state index in [1.165, 1.54) is 20.3 Å². The van der Waals surface area contributed by atoms with Crippen LogP contribution in [0.2, 0.25) is 0 Å². The number of nitrogens with zero attached hydrogens (tertiary/aromatic N) is 1. The topological polar surface area (TPSA) is 59.3 Å². The SMILES string of the molecule is COC(=O)/C=C(/OC)C(C)Cc1ccc(C#N)cc1. The monoisotopic (exact) mass is 259 g/mol. The molecule has 4 nitrogen and oxygen atoms in total. The van der Waals surface area contributed by atoms with Crippen molar-refractivity contribution < 1.29 is 14.3 Å². The molecule has 0 N–H and O–H groups in total. The first-order valence-electron chi connectivity index (χ1n) is 5.93. The van der Waals surface area contributed by atoms with Crippen molar-refractivity contribution in [1.29, 1.82) is 5.26 Å². The summed E-state index contributed by atoms with van der Waals surface area (Å²) in [7, 11) is 2.86. The Kier molecular flexibility index (Phi) is 5.62. The highest BCUT2D eigenvalue weighted by molar-refractivity contribution is 5.82. The van der Waals surface area contributed by atoms with Crippen LogP contribution in [0.5, 0.6) is 0 Å². The molecule has 0 fully saturated rings. The van der Waals surface area contributed by atoms with E-state index in [-0.39, 0.29) is 5.92 Å². The van der Waals surface area contributed by atoms with Gasteiger partial charge in [0, 0.05) is 5.92 Å². The maximum atomic E-state index is 11.2. The van der Waals surface area contributed by atoms with Crippen molar-refractivity contribution in [2.45, 2.75) is 13.3 Å². The first kappa shape index (κ1) is 14.8. The lowest BCUT2D eigenvalue weighted by Crippen LogP contribution is -2.08. The minimum absolute atomic E-state index is 0.0528. The van der Waals surface area contributed by atoms with Gasteiger partial charge in [-0.05, 0) is 24.1 Å². The molecule has 100 valence electrons. The Hall–Kier alpha value is -2.28. The molecule has 4 heteroatoms. The smallest absolute Gasteiger partial charge is 0.333 e. The van der Waals surface area contributed by atoms with E-state index in [0.717, 1.165) is 12.0 Å². The molecule has 0 saturated heterocycles. The molecule has 0 aromatic heterocycles. The maximum Gasteiger partial charge on any atom is 0.333 e. The predicted octanol–water partition coefficient (Wildman–Crippen LogP) is 2.44. The molecule has 0 heterocycles. The number of hydrogen-bond donors (Lipinski definition) is 0. The van der Waals surface area contributed by atoms with Crippen LogP contribution in [0.15, 0.2) is 36.1 Å². The summed E-state index contributed by atoms with van der Waals surface area (Å²) in [4.78, 5) is 11.2. The molecule has 0 spiro atoms. The van der Waals surface area contributed by atoms with Crippen LogP contribution in [0.3, 0.4) is 0 Å². The van der Waals surface area contributed by atoms with Crippen molar-refractivity contribution >= 4 is 5.97 Å². The van der Waals surface area contributed by atoms with Gasteiger partial charge in [0.05, 0.1) is 31.9 Å². The van der Waals surface area contributed by atoms with Gasteiger partial charge in [0.25, 0.3) is 0 Å². The molecule has 0 aliphatic heterocycles. The number of methoxy groups -OCH3 is 2. The first-order valence-corrected chi connectivity index (χ1v) is 5.93. The Balaban J connectivity index is 2.76. The second-order valence-electron chi connectivity index (χ2n) is 4.19. The van der Waals surface area contributed by atoms with Crippen molar-refractivity contribution in [3.63, 3.8) is 0 Å². The summed E-state index contributed by atoms with van der Waals surface area (Å²) in [5, 5.41) is 8.73. The van der Waals surface area contributed by atoms with E-state index in [9.17, 15) is 4.79 Å². The molecule has 1 aromatic rings. The van der Waals surface area contributed by atoms with E-state index >= 15 is 0 Å². The van der Waals surface area contributed by atoms with Gasteiger partial charge in [0.1, 0.15) is 5.76 Å². The van der Waals surface area contributed by atoms with Crippen LogP contribution in [0.1, 0.15) is 18.1 Å².